The number of ether oxygens (including phenoxy) is 1. The normalized spacial score (nSPS) is 12.4. The second kappa shape index (κ2) is 28.5. The van der Waals surface area contributed by atoms with Crippen molar-refractivity contribution in [2.45, 2.75) is 91.6 Å². The van der Waals surface area contributed by atoms with Gasteiger partial charge in [-0.05, 0) is 151 Å². The van der Waals surface area contributed by atoms with E-state index in [1.54, 1.807) is 62.6 Å². The highest BCUT2D eigenvalue weighted by Gasteiger charge is 2.30. The fourth-order valence-corrected chi connectivity index (χ4v) is 15.2. The van der Waals surface area contributed by atoms with Gasteiger partial charge in [0.05, 0.1) is 91.1 Å². The monoisotopic (exact) mass is 1380 g/mol. The standard InChI is InChI=1S/C27H26N4O4.C26H25N5O3.C25H22N4O3S/c1-17-8-7-11-20-25(17)19(15-29(20)2)16-30-21-12-13-23(35-3)28-26(21)31(27(30)34)22(14-24(32)33)18-9-5-4-6-10-18;1-16-6-4-8-20-24(16)19(14-29(20)3)15-30-21-10-9-17(2)28-25(21)31(26(30)34)22(12-23(32)33)18-7-5-11-27-13-18;1-15-11-16(2)23-18(27-33-21(23)12-15)14-28-19-9-6-10-26-24(19)29(25(28)32)20(13-22(30)31)17-7-4-3-5-8-17/h4-13,15,22H,14,16H2,1-3H3,(H,32,33);4-11,13-14,22H,12,15H2,1-3H3,(H,32,33);3-12,20H,13-14H2,1-2H3,(H,30,31)/t2*22-;20-/m111/s1. The van der Waals surface area contributed by atoms with Crippen LogP contribution in [0.3, 0.4) is 0 Å². The number of methoxy groups -OCH3 is 1. The molecule has 24 heteroatoms. The highest BCUT2D eigenvalue weighted by Crippen LogP contribution is 2.34. The predicted octanol–water partition coefficient (Wildman–Crippen LogP) is 12.5. The molecule has 0 amide bonds. The molecule has 23 nitrogen and oxygen atoms in total. The van der Waals surface area contributed by atoms with Crippen molar-refractivity contribution in [3.63, 3.8) is 0 Å². The summed E-state index contributed by atoms with van der Waals surface area (Å²) in [5, 5.41) is 32.2. The van der Waals surface area contributed by atoms with Crippen molar-refractivity contribution < 1.29 is 34.4 Å². The van der Waals surface area contributed by atoms with E-state index in [4.69, 9.17) is 4.74 Å². The maximum Gasteiger partial charge on any atom is 0.331 e. The number of benzene rings is 5. The van der Waals surface area contributed by atoms with Crippen LogP contribution in [0.2, 0.25) is 0 Å². The molecule has 10 heterocycles. The topological polar surface area (TPSA) is 276 Å². The van der Waals surface area contributed by atoms with Gasteiger partial charge in [-0.25, -0.2) is 24.4 Å². The number of nitrogens with zero attached hydrogens (tertiary/aromatic N) is 13. The van der Waals surface area contributed by atoms with Crippen molar-refractivity contribution in [3.05, 3.63) is 282 Å². The molecule has 0 fully saturated rings. The van der Waals surface area contributed by atoms with Crippen LogP contribution in [0.1, 0.15) is 98.8 Å². The summed E-state index contributed by atoms with van der Waals surface area (Å²) in [6.07, 6.45) is 8.20. The summed E-state index contributed by atoms with van der Waals surface area (Å²) in [4.78, 5) is 94.8. The molecule has 3 atom stereocenters. The number of rotatable bonds is 19. The van der Waals surface area contributed by atoms with Crippen LogP contribution in [0.4, 0.5) is 0 Å². The fraction of sp³-hybridized carbons (Fsp3) is 0.218. The molecule has 0 saturated heterocycles. The van der Waals surface area contributed by atoms with Crippen molar-refractivity contribution in [2.75, 3.05) is 7.11 Å². The number of hydrogen-bond acceptors (Lipinski definition) is 13. The molecule has 15 rings (SSSR count). The smallest absolute Gasteiger partial charge is 0.331 e. The number of aryl methyl sites for hydroxylation is 7. The number of fused-ring (bicyclic) bond motifs is 6. The van der Waals surface area contributed by atoms with Crippen molar-refractivity contribution in [1.82, 2.24) is 60.8 Å². The molecule has 10 aromatic heterocycles. The first-order valence-electron chi connectivity index (χ1n) is 33.0. The van der Waals surface area contributed by atoms with E-state index in [-0.39, 0.29) is 42.9 Å². The second-order valence-corrected chi connectivity index (χ2v) is 26.4. The summed E-state index contributed by atoms with van der Waals surface area (Å²) in [5.74, 6) is -2.63. The lowest BCUT2D eigenvalue weighted by Gasteiger charge is -2.17. The number of carboxylic acid groups (broad SMARTS) is 3. The Labute approximate surface area is 587 Å². The highest BCUT2D eigenvalue weighted by atomic mass is 32.1. The summed E-state index contributed by atoms with van der Waals surface area (Å²) in [6, 6.07) is 47.2. The van der Waals surface area contributed by atoms with E-state index in [0.717, 1.165) is 82.2 Å². The Morgan fingerprint density at radius 2 is 0.951 bits per heavy atom. The molecule has 0 aliphatic heterocycles. The molecule has 0 unspecified atom stereocenters. The zero-order chi connectivity index (χ0) is 71.8. The number of aromatic nitrogens is 13. The molecule has 102 heavy (non-hydrogen) atoms. The molecule has 0 aliphatic carbocycles. The van der Waals surface area contributed by atoms with Crippen molar-refractivity contribution in [2.24, 2.45) is 14.1 Å². The van der Waals surface area contributed by atoms with Gasteiger partial charge in [0, 0.05) is 84.0 Å². The third-order valence-electron chi connectivity index (χ3n) is 18.7. The average Bonchev–Trinajstić information content (AvgIpc) is 1.59. The average molecular weight is 1380 g/mol. The molecule has 0 radical (unpaired) electrons. The number of aliphatic carboxylic acids is 3. The third kappa shape index (κ3) is 13.2. The largest absolute Gasteiger partial charge is 0.481 e. The summed E-state index contributed by atoms with van der Waals surface area (Å²) in [6.45, 7) is 11.1. The number of pyridine rings is 4. The maximum absolute atomic E-state index is 14.0. The SMILES string of the molecule is COc1ccc2c(n1)n([C@H](CC(=O)O)c1ccccc1)c(=O)n2Cc1cn(C)c2cccc(C)c12.Cc1cc(C)c2c(Cn3c(=O)n([C@H](CC(=O)O)c4ccccc4)c4ncccc43)nsc2c1.Cc1ccc2c(n1)n([C@H](CC(=O)O)c1cccnc1)c(=O)n2Cc1cn(C)c2cccc(C)c12. The van der Waals surface area contributed by atoms with Gasteiger partial charge in [0.1, 0.15) is 0 Å². The Hall–Kier alpha value is -12.3. The summed E-state index contributed by atoms with van der Waals surface area (Å²) >= 11 is 1.43. The second-order valence-electron chi connectivity index (χ2n) is 25.6. The Morgan fingerprint density at radius 1 is 0.480 bits per heavy atom. The minimum Gasteiger partial charge on any atom is -0.481 e. The first-order valence-corrected chi connectivity index (χ1v) is 33.8. The Morgan fingerprint density at radius 3 is 1.47 bits per heavy atom. The highest BCUT2D eigenvalue weighted by molar-refractivity contribution is 7.13. The third-order valence-corrected chi connectivity index (χ3v) is 19.5. The van der Waals surface area contributed by atoms with Gasteiger partial charge in [0.25, 0.3) is 0 Å². The first kappa shape index (κ1) is 68.2. The number of hydrogen-bond donors (Lipinski definition) is 3. The van der Waals surface area contributed by atoms with Crippen LogP contribution in [0.5, 0.6) is 5.88 Å². The van der Waals surface area contributed by atoms with E-state index in [1.807, 2.05) is 124 Å². The molecule has 0 saturated carbocycles. The van der Waals surface area contributed by atoms with Gasteiger partial charge in [-0.2, -0.15) is 9.36 Å². The van der Waals surface area contributed by atoms with Crippen molar-refractivity contribution in [3.8, 4) is 5.88 Å². The van der Waals surface area contributed by atoms with Gasteiger partial charge in [-0.15, -0.1) is 0 Å². The molecule has 0 spiro atoms. The number of carbonyl (C=O) groups is 3. The van der Waals surface area contributed by atoms with E-state index in [0.29, 0.717) is 58.0 Å². The van der Waals surface area contributed by atoms with Crippen molar-refractivity contribution in [1.29, 1.82) is 0 Å². The molecule has 516 valence electrons. The van der Waals surface area contributed by atoms with Gasteiger partial charge in [0.2, 0.25) is 5.88 Å². The number of carboxylic acids is 3. The Kier molecular flexibility index (Phi) is 19.1. The van der Waals surface area contributed by atoms with Crippen LogP contribution >= 0.6 is 11.5 Å². The molecule has 0 aliphatic rings. The lowest BCUT2D eigenvalue weighted by molar-refractivity contribution is -0.138. The van der Waals surface area contributed by atoms with E-state index >= 15 is 0 Å². The summed E-state index contributed by atoms with van der Waals surface area (Å²) < 4.78 is 24.7. The van der Waals surface area contributed by atoms with Crippen LogP contribution < -0.4 is 21.8 Å². The molecular formula is C78H73N13O10S. The first-order chi connectivity index (χ1) is 49.2. The van der Waals surface area contributed by atoms with Crippen LogP contribution in [0, 0.1) is 34.6 Å². The van der Waals surface area contributed by atoms with Crippen molar-refractivity contribution >= 4 is 94.8 Å². The van der Waals surface area contributed by atoms with E-state index < -0.39 is 36.0 Å². The van der Waals surface area contributed by atoms with Gasteiger partial charge in [0.15, 0.2) is 16.9 Å². The van der Waals surface area contributed by atoms with Gasteiger partial charge >= 0.3 is 35.0 Å². The molecule has 3 N–H and O–H groups in total. The lowest BCUT2D eigenvalue weighted by atomic mass is 10.0. The molecule has 0 bridgehead atoms. The zero-order valence-electron chi connectivity index (χ0n) is 57.3. The van der Waals surface area contributed by atoms with Crippen LogP contribution in [0.25, 0.3) is 65.4 Å². The predicted molar refractivity (Wildman–Crippen MR) is 393 cm³/mol. The van der Waals surface area contributed by atoms with E-state index in [1.165, 1.54) is 37.9 Å². The fourth-order valence-electron chi connectivity index (χ4n) is 14.2. The Balaban J connectivity index is 0.000000137. The van der Waals surface area contributed by atoms with Crippen LogP contribution in [-0.2, 0) is 48.1 Å². The van der Waals surface area contributed by atoms with Gasteiger partial charge in [-0.1, -0.05) is 97.1 Å². The lowest BCUT2D eigenvalue weighted by Crippen LogP contribution is -2.30. The van der Waals surface area contributed by atoms with Gasteiger partial charge < -0.3 is 29.2 Å². The molecule has 5 aromatic carbocycles. The van der Waals surface area contributed by atoms with E-state index in [2.05, 4.69) is 97.5 Å². The maximum atomic E-state index is 14.0. The van der Waals surface area contributed by atoms with E-state index in [9.17, 15) is 44.1 Å². The Bertz CT molecular complexity index is 5900. The van der Waals surface area contributed by atoms with Crippen LogP contribution in [0.15, 0.2) is 203 Å². The molecule has 15 aromatic rings. The van der Waals surface area contributed by atoms with Gasteiger partial charge in [-0.3, -0.25) is 46.8 Å². The quantitative estimate of drug-likeness (QED) is 0.0679. The minimum atomic E-state index is -1.00. The minimum absolute atomic E-state index is 0.225. The summed E-state index contributed by atoms with van der Waals surface area (Å²) in [5.41, 5.74) is 14.8. The number of imidazole rings is 3. The summed E-state index contributed by atoms with van der Waals surface area (Å²) in [7, 11) is 5.49. The molecular weight excluding hydrogens is 1310 g/mol. The zero-order valence-corrected chi connectivity index (χ0v) is 58.1. The van der Waals surface area contributed by atoms with Crippen LogP contribution in [-0.4, -0.2) is 101 Å².